The Labute approximate surface area is 88.9 Å². The largest absolute Gasteiger partial charge is 0.305 e. The fourth-order valence-electron chi connectivity index (χ4n) is 2.03. The van der Waals surface area contributed by atoms with Crippen molar-refractivity contribution in [2.75, 3.05) is 0 Å². The van der Waals surface area contributed by atoms with Gasteiger partial charge in [0.25, 0.3) is 0 Å². The molecule has 1 N–H and O–H groups in total. The summed E-state index contributed by atoms with van der Waals surface area (Å²) < 4.78 is 0. The normalized spacial score (nSPS) is 20.1. The van der Waals surface area contributed by atoms with Gasteiger partial charge < -0.3 is 5.32 Å². The number of aromatic nitrogens is 2. The summed E-state index contributed by atoms with van der Waals surface area (Å²) in [6.07, 6.45) is 5.31. The molecule has 2 rings (SSSR count). The first-order valence-electron chi connectivity index (χ1n) is 5.22. The number of nitrogens with one attached hydrogen (secondary N) is 1. The molecule has 0 aromatic carbocycles. The van der Waals surface area contributed by atoms with Gasteiger partial charge in [-0.25, -0.2) is 0 Å². The lowest BCUT2D eigenvalue weighted by molar-refractivity contribution is 0.362. The number of hydrogen-bond donors (Lipinski definition) is 1. The van der Waals surface area contributed by atoms with Crippen molar-refractivity contribution in [2.45, 2.75) is 51.6 Å². The molecule has 1 fully saturated rings. The highest BCUT2D eigenvalue weighted by Gasteiger charge is 2.27. The van der Waals surface area contributed by atoms with Gasteiger partial charge in [0.05, 0.1) is 6.54 Å². The minimum atomic E-state index is 0.347. The lowest BCUT2D eigenvalue weighted by Crippen LogP contribution is -2.38. The Morgan fingerprint density at radius 2 is 2.07 bits per heavy atom. The molecule has 0 amide bonds. The monoisotopic (exact) mass is 211 g/mol. The van der Waals surface area contributed by atoms with E-state index in [1.54, 1.807) is 11.3 Å². The first-order chi connectivity index (χ1) is 6.68. The highest BCUT2D eigenvalue weighted by Crippen LogP contribution is 2.29. The van der Waals surface area contributed by atoms with E-state index in [4.69, 9.17) is 0 Å². The van der Waals surface area contributed by atoms with Crippen LogP contribution in [-0.4, -0.2) is 15.7 Å². The summed E-state index contributed by atoms with van der Waals surface area (Å²) in [4.78, 5) is 0. The Morgan fingerprint density at radius 3 is 2.64 bits per heavy atom. The van der Waals surface area contributed by atoms with Gasteiger partial charge in [-0.15, -0.1) is 21.5 Å². The lowest BCUT2D eigenvalue weighted by Gasteiger charge is -2.24. The molecule has 0 aliphatic heterocycles. The second-order valence-corrected chi connectivity index (χ2v) is 5.60. The second-order valence-electron chi connectivity index (χ2n) is 4.34. The summed E-state index contributed by atoms with van der Waals surface area (Å²) in [5.74, 6) is 0. The van der Waals surface area contributed by atoms with E-state index in [1.807, 2.05) is 6.92 Å². The van der Waals surface area contributed by atoms with E-state index in [0.29, 0.717) is 5.54 Å². The standard InChI is InChI=1S/C10H17N3S/c1-8-12-13-9(14-8)7-11-10(2)5-3-4-6-10/h11H,3-7H2,1-2H3. The van der Waals surface area contributed by atoms with Crippen molar-refractivity contribution >= 4 is 11.3 Å². The molecule has 0 radical (unpaired) electrons. The van der Waals surface area contributed by atoms with Crippen LogP contribution in [0, 0.1) is 6.92 Å². The number of rotatable bonds is 3. The van der Waals surface area contributed by atoms with E-state index in [1.165, 1.54) is 25.7 Å². The van der Waals surface area contributed by atoms with Crippen LogP contribution in [0.15, 0.2) is 0 Å². The van der Waals surface area contributed by atoms with Crippen LogP contribution in [0.3, 0.4) is 0 Å². The Bertz CT molecular complexity index is 302. The van der Waals surface area contributed by atoms with Crippen LogP contribution >= 0.6 is 11.3 Å². The Kier molecular flexibility index (Phi) is 2.83. The van der Waals surface area contributed by atoms with Gasteiger partial charge in [0.1, 0.15) is 10.0 Å². The van der Waals surface area contributed by atoms with Crippen molar-refractivity contribution in [3.8, 4) is 0 Å². The van der Waals surface area contributed by atoms with E-state index in [9.17, 15) is 0 Å². The predicted octanol–water partition coefficient (Wildman–Crippen LogP) is 2.27. The minimum absolute atomic E-state index is 0.347. The van der Waals surface area contributed by atoms with Gasteiger partial charge in [0.15, 0.2) is 0 Å². The van der Waals surface area contributed by atoms with Crippen molar-refractivity contribution < 1.29 is 0 Å². The van der Waals surface area contributed by atoms with Gasteiger partial charge in [-0.05, 0) is 26.7 Å². The molecule has 3 nitrogen and oxygen atoms in total. The van der Waals surface area contributed by atoms with Crippen LogP contribution in [0.1, 0.15) is 42.6 Å². The topological polar surface area (TPSA) is 37.8 Å². The van der Waals surface area contributed by atoms with Gasteiger partial charge in [0.2, 0.25) is 0 Å². The van der Waals surface area contributed by atoms with Crippen LogP contribution < -0.4 is 5.32 Å². The Balaban J connectivity index is 1.87. The molecule has 4 heteroatoms. The van der Waals surface area contributed by atoms with E-state index in [-0.39, 0.29) is 0 Å². The molecule has 1 aliphatic carbocycles. The molecule has 14 heavy (non-hydrogen) atoms. The molecule has 1 aliphatic rings. The highest BCUT2D eigenvalue weighted by molar-refractivity contribution is 7.11. The van der Waals surface area contributed by atoms with Crippen LogP contribution in [0.5, 0.6) is 0 Å². The molecule has 1 saturated carbocycles. The molecule has 0 unspecified atom stereocenters. The Hall–Kier alpha value is -0.480. The smallest absolute Gasteiger partial charge is 0.131 e. The molecular weight excluding hydrogens is 194 g/mol. The summed E-state index contributed by atoms with van der Waals surface area (Å²) in [5, 5.41) is 13.9. The zero-order valence-corrected chi connectivity index (χ0v) is 9.65. The Morgan fingerprint density at radius 1 is 1.36 bits per heavy atom. The molecule has 0 bridgehead atoms. The SMILES string of the molecule is Cc1nnc(CNC2(C)CCCC2)s1. The third kappa shape index (κ3) is 2.30. The predicted molar refractivity (Wildman–Crippen MR) is 58.4 cm³/mol. The van der Waals surface area contributed by atoms with Crippen molar-refractivity contribution in [1.29, 1.82) is 0 Å². The van der Waals surface area contributed by atoms with Crippen LogP contribution in [0.4, 0.5) is 0 Å². The average Bonchev–Trinajstić information content (AvgIpc) is 2.73. The third-order valence-corrected chi connectivity index (χ3v) is 3.78. The summed E-state index contributed by atoms with van der Waals surface area (Å²) >= 11 is 1.69. The first-order valence-corrected chi connectivity index (χ1v) is 6.04. The number of aryl methyl sites for hydroxylation is 1. The number of nitrogens with zero attached hydrogens (tertiary/aromatic N) is 2. The second kappa shape index (κ2) is 3.95. The summed E-state index contributed by atoms with van der Waals surface area (Å²) in [6.45, 7) is 5.19. The quantitative estimate of drug-likeness (QED) is 0.833. The van der Waals surface area contributed by atoms with Crippen LogP contribution in [-0.2, 0) is 6.54 Å². The van der Waals surface area contributed by atoms with E-state index < -0.39 is 0 Å². The van der Waals surface area contributed by atoms with Gasteiger partial charge in [-0.1, -0.05) is 12.8 Å². The summed E-state index contributed by atoms with van der Waals surface area (Å²) in [7, 11) is 0. The molecule has 1 heterocycles. The molecule has 1 aromatic rings. The van der Waals surface area contributed by atoms with Crippen molar-refractivity contribution in [2.24, 2.45) is 0 Å². The van der Waals surface area contributed by atoms with E-state index in [0.717, 1.165) is 16.6 Å². The molecule has 78 valence electrons. The average molecular weight is 211 g/mol. The fraction of sp³-hybridized carbons (Fsp3) is 0.800. The molecule has 0 atom stereocenters. The maximum absolute atomic E-state index is 4.11. The van der Waals surface area contributed by atoms with Crippen LogP contribution in [0.25, 0.3) is 0 Å². The zero-order chi connectivity index (χ0) is 10.0. The number of hydrogen-bond acceptors (Lipinski definition) is 4. The van der Waals surface area contributed by atoms with Gasteiger partial charge in [-0.2, -0.15) is 0 Å². The maximum Gasteiger partial charge on any atom is 0.131 e. The van der Waals surface area contributed by atoms with Crippen molar-refractivity contribution in [1.82, 2.24) is 15.5 Å². The minimum Gasteiger partial charge on any atom is -0.305 e. The van der Waals surface area contributed by atoms with Crippen molar-refractivity contribution in [3.63, 3.8) is 0 Å². The van der Waals surface area contributed by atoms with Gasteiger partial charge >= 0.3 is 0 Å². The van der Waals surface area contributed by atoms with E-state index >= 15 is 0 Å². The van der Waals surface area contributed by atoms with Gasteiger partial charge in [0, 0.05) is 5.54 Å². The van der Waals surface area contributed by atoms with E-state index in [2.05, 4.69) is 22.4 Å². The fourth-order valence-corrected chi connectivity index (χ4v) is 2.68. The van der Waals surface area contributed by atoms with Gasteiger partial charge in [-0.3, -0.25) is 0 Å². The van der Waals surface area contributed by atoms with Crippen molar-refractivity contribution in [3.05, 3.63) is 10.0 Å². The molecule has 1 aromatic heterocycles. The zero-order valence-electron chi connectivity index (χ0n) is 8.84. The first kappa shape index (κ1) is 10.1. The molecule has 0 spiro atoms. The summed E-state index contributed by atoms with van der Waals surface area (Å²) in [5.41, 5.74) is 0.347. The highest BCUT2D eigenvalue weighted by atomic mass is 32.1. The van der Waals surface area contributed by atoms with Crippen LogP contribution in [0.2, 0.25) is 0 Å². The summed E-state index contributed by atoms with van der Waals surface area (Å²) in [6, 6.07) is 0. The molecule has 0 saturated heterocycles. The third-order valence-electron chi connectivity index (χ3n) is 2.94. The lowest BCUT2D eigenvalue weighted by atomic mass is 10.0. The molecular formula is C10H17N3S. The maximum atomic E-state index is 4.11.